The molecule has 2 aromatic rings. The predicted octanol–water partition coefficient (Wildman–Crippen LogP) is 4.42. The zero-order valence-corrected chi connectivity index (χ0v) is 13.3. The van der Waals surface area contributed by atoms with Gasteiger partial charge in [-0.3, -0.25) is 4.79 Å². The first-order valence-electron chi connectivity index (χ1n) is 7.62. The van der Waals surface area contributed by atoms with Gasteiger partial charge in [-0.25, -0.2) is 0 Å². The molecule has 0 spiro atoms. The maximum absolute atomic E-state index is 12.6. The van der Waals surface area contributed by atoms with E-state index in [0.717, 1.165) is 18.4 Å². The number of carbonyl (C=O) groups excluding carboxylic acids is 1. The monoisotopic (exact) mass is 298 g/mol. The number of phenols is 1. The average Bonchev–Trinajstić information content (AvgIpc) is 2.52. The SMILES string of the molecule is CCCCOc1ccc(C(=O)c2ccccc2C)c(O)c1C. The van der Waals surface area contributed by atoms with Gasteiger partial charge < -0.3 is 9.84 Å². The molecule has 1 N–H and O–H groups in total. The van der Waals surface area contributed by atoms with Gasteiger partial charge in [-0.2, -0.15) is 0 Å². The molecule has 2 rings (SSSR count). The molecule has 0 saturated heterocycles. The van der Waals surface area contributed by atoms with E-state index in [4.69, 9.17) is 4.74 Å². The number of aryl methyl sites for hydroxylation is 1. The summed E-state index contributed by atoms with van der Waals surface area (Å²) >= 11 is 0. The van der Waals surface area contributed by atoms with Crippen LogP contribution in [0.1, 0.15) is 46.8 Å². The highest BCUT2D eigenvalue weighted by Crippen LogP contribution is 2.32. The van der Waals surface area contributed by atoms with Gasteiger partial charge in [-0.1, -0.05) is 37.6 Å². The van der Waals surface area contributed by atoms with Gasteiger partial charge in [0.1, 0.15) is 11.5 Å². The third-order valence-electron chi connectivity index (χ3n) is 3.77. The molecule has 0 radical (unpaired) electrons. The zero-order chi connectivity index (χ0) is 16.1. The molecule has 0 amide bonds. The smallest absolute Gasteiger partial charge is 0.197 e. The molecule has 0 unspecified atom stereocenters. The van der Waals surface area contributed by atoms with Crippen molar-refractivity contribution in [1.82, 2.24) is 0 Å². The lowest BCUT2D eigenvalue weighted by Gasteiger charge is -2.13. The molecule has 116 valence electrons. The minimum absolute atomic E-state index is 0.00208. The van der Waals surface area contributed by atoms with Gasteiger partial charge in [-0.05, 0) is 38.0 Å². The van der Waals surface area contributed by atoms with Gasteiger partial charge in [0.2, 0.25) is 0 Å². The Morgan fingerprint density at radius 1 is 1.09 bits per heavy atom. The van der Waals surface area contributed by atoms with Crippen molar-refractivity contribution in [2.24, 2.45) is 0 Å². The molecule has 0 aliphatic carbocycles. The lowest BCUT2D eigenvalue weighted by Crippen LogP contribution is -2.06. The average molecular weight is 298 g/mol. The van der Waals surface area contributed by atoms with Crippen LogP contribution in [0.25, 0.3) is 0 Å². The number of hydrogen-bond donors (Lipinski definition) is 1. The predicted molar refractivity (Wildman–Crippen MR) is 87.9 cm³/mol. The highest BCUT2D eigenvalue weighted by molar-refractivity contribution is 6.11. The Bertz CT molecular complexity index is 674. The van der Waals surface area contributed by atoms with Crippen molar-refractivity contribution in [3.8, 4) is 11.5 Å². The van der Waals surface area contributed by atoms with Gasteiger partial charge in [0.25, 0.3) is 0 Å². The van der Waals surface area contributed by atoms with E-state index in [0.29, 0.717) is 29.0 Å². The summed E-state index contributed by atoms with van der Waals surface area (Å²) in [5.74, 6) is 0.466. The Kier molecular flexibility index (Phi) is 5.21. The lowest BCUT2D eigenvalue weighted by atomic mass is 9.97. The van der Waals surface area contributed by atoms with E-state index >= 15 is 0 Å². The second-order valence-electron chi connectivity index (χ2n) is 5.43. The van der Waals surface area contributed by atoms with Crippen LogP contribution in [-0.2, 0) is 0 Å². The molecule has 0 heterocycles. The fourth-order valence-corrected chi connectivity index (χ4v) is 2.32. The topological polar surface area (TPSA) is 46.5 Å². The Morgan fingerprint density at radius 2 is 1.82 bits per heavy atom. The van der Waals surface area contributed by atoms with E-state index in [-0.39, 0.29) is 11.5 Å². The van der Waals surface area contributed by atoms with Gasteiger partial charge in [0.15, 0.2) is 5.78 Å². The largest absolute Gasteiger partial charge is 0.507 e. The fourth-order valence-electron chi connectivity index (χ4n) is 2.32. The summed E-state index contributed by atoms with van der Waals surface area (Å²) in [5, 5.41) is 10.4. The first-order valence-corrected chi connectivity index (χ1v) is 7.62. The Hall–Kier alpha value is -2.29. The summed E-state index contributed by atoms with van der Waals surface area (Å²) in [6.07, 6.45) is 2.01. The number of aromatic hydroxyl groups is 1. The fraction of sp³-hybridized carbons (Fsp3) is 0.316. The Balaban J connectivity index is 2.31. The van der Waals surface area contributed by atoms with Crippen LogP contribution >= 0.6 is 0 Å². The van der Waals surface area contributed by atoms with Crippen LogP contribution in [0, 0.1) is 13.8 Å². The van der Waals surface area contributed by atoms with E-state index in [2.05, 4.69) is 6.92 Å². The minimum Gasteiger partial charge on any atom is -0.507 e. The third-order valence-corrected chi connectivity index (χ3v) is 3.77. The van der Waals surface area contributed by atoms with Crippen molar-refractivity contribution in [1.29, 1.82) is 0 Å². The van der Waals surface area contributed by atoms with E-state index in [9.17, 15) is 9.90 Å². The summed E-state index contributed by atoms with van der Waals surface area (Å²) < 4.78 is 5.65. The summed E-state index contributed by atoms with van der Waals surface area (Å²) in [4.78, 5) is 12.6. The maximum atomic E-state index is 12.6. The molecule has 0 saturated carbocycles. The van der Waals surface area contributed by atoms with Crippen LogP contribution in [0.2, 0.25) is 0 Å². The van der Waals surface area contributed by atoms with Crippen LogP contribution < -0.4 is 4.74 Å². The van der Waals surface area contributed by atoms with E-state index in [1.54, 1.807) is 25.1 Å². The minimum atomic E-state index is -0.168. The normalized spacial score (nSPS) is 10.5. The second kappa shape index (κ2) is 7.12. The number of carbonyl (C=O) groups is 1. The second-order valence-corrected chi connectivity index (χ2v) is 5.43. The van der Waals surface area contributed by atoms with E-state index in [1.165, 1.54) is 0 Å². The van der Waals surface area contributed by atoms with Crippen molar-refractivity contribution in [2.75, 3.05) is 6.61 Å². The summed E-state index contributed by atoms with van der Waals surface area (Å²) in [6.45, 7) is 6.37. The van der Waals surface area contributed by atoms with Crippen LogP contribution in [-0.4, -0.2) is 17.5 Å². The molecule has 3 nitrogen and oxygen atoms in total. The molecule has 22 heavy (non-hydrogen) atoms. The molecule has 0 fully saturated rings. The Morgan fingerprint density at radius 3 is 2.50 bits per heavy atom. The number of phenolic OH excluding ortho intramolecular Hbond substituents is 1. The lowest BCUT2D eigenvalue weighted by molar-refractivity contribution is 0.103. The van der Waals surface area contributed by atoms with Crippen LogP contribution in [0.5, 0.6) is 11.5 Å². The van der Waals surface area contributed by atoms with Crippen molar-refractivity contribution in [2.45, 2.75) is 33.6 Å². The van der Waals surface area contributed by atoms with Crippen LogP contribution in [0.15, 0.2) is 36.4 Å². The number of ketones is 1. The number of benzene rings is 2. The van der Waals surface area contributed by atoms with E-state index < -0.39 is 0 Å². The van der Waals surface area contributed by atoms with Gasteiger partial charge in [-0.15, -0.1) is 0 Å². The van der Waals surface area contributed by atoms with Crippen molar-refractivity contribution < 1.29 is 14.6 Å². The van der Waals surface area contributed by atoms with E-state index in [1.807, 2.05) is 25.1 Å². The van der Waals surface area contributed by atoms with Crippen LogP contribution in [0.4, 0.5) is 0 Å². The highest BCUT2D eigenvalue weighted by Gasteiger charge is 2.18. The molecule has 0 aliphatic rings. The molecule has 2 aromatic carbocycles. The van der Waals surface area contributed by atoms with Gasteiger partial charge in [0, 0.05) is 11.1 Å². The first-order chi connectivity index (χ1) is 10.6. The van der Waals surface area contributed by atoms with Gasteiger partial charge in [0.05, 0.1) is 12.2 Å². The summed E-state index contributed by atoms with van der Waals surface area (Å²) in [7, 11) is 0. The highest BCUT2D eigenvalue weighted by atomic mass is 16.5. The maximum Gasteiger partial charge on any atom is 0.197 e. The molecule has 0 aromatic heterocycles. The quantitative estimate of drug-likeness (QED) is 0.634. The number of unbranched alkanes of at least 4 members (excludes halogenated alkanes) is 1. The Labute approximate surface area is 131 Å². The number of rotatable bonds is 6. The summed E-state index contributed by atoms with van der Waals surface area (Å²) in [5.41, 5.74) is 2.43. The first kappa shape index (κ1) is 16.1. The van der Waals surface area contributed by atoms with Crippen molar-refractivity contribution in [3.05, 3.63) is 58.7 Å². The zero-order valence-electron chi connectivity index (χ0n) is 13.3. The molecule has 0 bridgehead atoms. The molecule has 0 atom stereocenters. The van der Waals surface area contributed by atoms with Crippen molar-refractivity contribution >= 4 is 5.78 Å². The third kappa shape index (κ3) is 3.30. The molecule has 3 heteroatoms. The number of ether oxygens (including phenoxy) is 1. The standard InChI is InChI=1S/C19H22O3/c1-4-5-12-22-17-11-10-16(18(20)14(17)3)19(21)15-9-7-6-8-13(15)2/h6-11,20H,4-5,12H2,1-3H3. The van der Waals surface area contributed by atoms with Crippen molar-refractivity contribution in [3.63, 3.8) is 0 Å². The van der Waals surface area contributed by atoms with Crippen LogP contribution in [0.3, 0.4) is 0 Å². The summed E-state index contributed by atoms with van der Waals surface area (Å²) in [6, 6.07) is 10.8. The van der Waals surface area contributed by atoms with Gasteiger partial charge >= 0.3 is 0 Å². The molecular formula is C19H22O3. The molecular weight excluding hydrogens is 276 g/mol. The number of hydrogen-bond acceptors (Lipinski definition) is 3. The molecule has 0 aliphatic heterocycles.